The third-order valence-corrected chi connectivity index (χ3v) is 3.53. The Bertz CT molecular complexity index is 356. The molecular formula is C13H19F3N2O. The van der Waals surface area contributed by atoms with Crippen LogP contribution in [0, 0.1) is 5.92 Å². The fraction of sp³-hybridized carbons (Fsp3) is 0.692. The summed E-state index contributed by atoms with van der Waals surface area (Å²) in [5.74, 6) is -0.240. The SMILES string of the molecule is FC(F)(F)C1CCN(CCNCc2ccco2)CC1. The van der Waals surface area contributed by atoms with Crippen molar-refractivity contribution >= 4 is 0 Å². The van der Waals surface area contributed by atoms with Crippen molar-refractivity contribution in [3.63, 3.8) is 0 Å². The average molecular weight is 276 g/mol. The van der Waals surface area contributed by atoms with Crippen LogP contribution in [0.15, 0.2) is 22.8 Å². The minimum atomic E-state index is -4.02. The summed E-state index contributed by atoms with van der Waals surface area (Å²) in [7, 11) is 0. The molecule has 1 N–H and O–H groups in total. The fourth-order valence-electron chi connectivity index (χ4n) is 2.35. The van der Waals surface area contributed by atoms with Gasteiger partial charge in [-0.25, -0.2) is 0 Å². The normalized spacial score (nSPS) is 18.9. The maximum Gasteiger partial charge on any atom is 0.391 e. The van der Waals surface area contributed by atoms with Gasteiger partial charge in [-0.05, 0) is 38.1 Å². The summed E-state index contributed by atoms with van der Waals surface area (Å²) < 4.78 is 42.6. The second-order valence-electron chi connectivity index (χ2n) is 4.91. The van der Waals surface area contributed by atoms with Crippen LogP contribution in [0.1, 0.15) is 18.6 Å². The summed E-state index contributed by atoms with van der Waals surface area (Å²) >= 11 is 0. The van der Waals surface area contributed by atoms with E-state index in [0.717, 1.165) is 18.8 Å². The largest absolute Gasteiger partial charge is 0.468 e. The van der Waals surface area contributed by atoms with Crippen LogP contribution in [0.3, 0.4) is 0 Å². The van der Waals surface area contributed by atoms with Crippen LogP contribution in [-0.2, 0) is 6.54 Å². The first-order valence-electron chi connectivity index (χ1n) is 6.58. The van der Waals surface area contributed by atoms with Gasteiger partial charge in [0.05, 0.1) is 18.7 Å². The van der Waals surface area contributed by atoms with Gasteiger partial charge in [-0.15, -0.1) is 0 Å². The minimum Gasteiger partial charge on any atom is -0.468 e. The van der Waals surface area contributed by atoms with Crippen LogP contribution in [0.5, 0.6) is 0 Å². The van der Waals surface area contributed by atoms with E-state index in [1.54, 1.807) is 6.26 Å². The summed E-state index contributed by atoms with van der Waals surface area (Å²) in [6.45, 7) is 3.27. The van der Waals surface area contributed by atoms with Crippen molar-refractivity contribution in [3.05, 3.63) is 24.2 Å². The monoisotopic (exact) mass is 276 g/mol. The topological polar surface area (TPSA) is 28.4 Å². The number of hydrogen-bond donors (Lipinski definition) is 1. The second kappa shape index (κ2) is 6.43. The van der Waals surface area contributed by atoms with Gasteiger partial charge in [0.2, 0.25) is 0 Å². The van der Waals surface area contributed by atoms with Gasteiger partial charge in [0.25, 0.3) is 0 Å². The molecule has 0 atom stereocenters. The van der Waals surface area contributed by atoms with Crippen LogP contribution in [-0.4, -0.2) is 37.3 Å². The Morgan fingerprint density at radius 2 is 2.05 bits per heavy atom. The van der Waals surface area contributed by atoms with Crippen molar-refractivity contribution in [2.45, 2.75) is 25.6 Å². The molecule has 1 fully saturated rings. The first-order chi connectivity index (χ1) is 9.05. The highest BCUT2D eigenvalue weighted by Gasteiger charge is 2.40. The lowest BCUT2D eigenvalue weighted by Crippen LogP contribution is -2.41. The molecule has 1 saturated heterocycles. The summed E-state index contributed by atoms with van der Waals surface area (Å²) in [4.78, 5) is 2.08. The molecule has 0 aromatic carbocycles. The van der Waals surface area contributed by atoms with Crippen molar-refractivity contribution in [3.8, 4) is 0 Å². The summed E-state index contributed by atoms with van der Waals surface area (Å²) in [5, 5.41) is 3.22. The quantitative estimate of drug-likeness (QED) is 0.838. The molecule has 2 rings (SSSR count). The maximum atomic E-state index is 12.5. The number of hydrogen-bond acceptors (Lipinski definition) is 3. The number of piperidine rings is 1. The van der Waals surface area contributed by atoms with Gasteiger partial charge in [0.15, 0.2) is 0 Å². The Hall–Kier alpha value is -1.01. The number of nitrogens with one attached hydrogen (secondary N) is 1. The Morgan fingerprint density at radius 1 is 1.32 bits per heavy atom. The van der Waals surface area contributed by atoms with Crippen LogP contribution in [0.2, 0.25) is 0 Å². The molecule has 1 aliphatic rings. The lowest BCUT2D eigenvalue weighted by atomic mass is 9.96. The molecule has 1 aromatic rings. The Balaban J connectivity index is 1.58. The highest BCUT2D eigenvalue weighted by molar-refractivity contribution is 4.97. The third-order valence-electron chi connectivity index (χ3n) is 3.53. The molecule has 108 valence electrons. The van der Waals surface area contributed by atoms with Crippen molar-refractivity contribution in [2.24, 2.45) is 5.92 Å². The first-order valence-corrected chi connectivity index (χ1v) is 6.58. The molecule has 3 nitrogen and oxygen atoms in total. The van der Waals surface area contributed by atoms with Gasteiger partial charge in [-0.2, -0.15) is 13.2 Å². The fourth-order valence-corrected chi connectivity index (χ4v) is 2.35. The zero-order valence-electron chi connectivity index (χ0n) is 10.7. The van der Waals surface area contributed by atoms with E-state index >= 15 is 0 Å². The van der Waals surface area contributed by atoms with E-state index in [1.165, 1.54) is 0 Å². The third kappa shape index (κ3) is 4.54. The van der Waals surface area contributed by atoms with E-state index in [4.69, 9.17) is 4.42 Å². The molecular weight excluding hydrogens is 257 g/mol. The smallest absolute Gasteiger partial charge is 0.391 e. The highest BCUT2D eigenvalue weighted by atomic mass is 19.4. The predicted octanol–water partition coefficient (Wildman–Crippen LogP) is 2.64. The van der Waals surface area contributed by atoms with Crippen LogP contribution < -0.4 is 5.32 Å². The van der Waals surface area contributed by atoms with E-state index in [9.17, 15) is 13.2 Å². The zero-order valence-corrected chi connectivity index (χ0v) is 10.7. The van der Waals surface area contributed by atoms with E-state index in [2.05, 4.69) is 10.2 Å². The number of rotatable bonds is 5. The molecule has 19 heavy (non-hydrogen) atoms. The number of nitrogens with zero attached hydrogens (tertiary/aromatic N) is 1. The summed E-state index contributed by atoms with van der Waals surface area (Å²) in [6, 6.07) is 3.72. The van der Waals surface area contributed by atoms with Crippen molar-refractivity contribution in [2.75, 3.05) is 26.2 Å². The molecule has 0 spiro atoms. The van der Waals surface area contributed by atoms with Crippen LogP contribution >= 0.6 is 0 Å². The summed E-state index contributed by atoms with van der Waals surface area (Å²) in [5.41, 5.74) is 0. The molecule has 0 amide bonds. The maximum absolute atomic E-state index is 12.5. The van der Waals surface area contributed by atoms with Gasteiger partial charge in [0.1, 0.15) is 5.76 Å². The van der Waals surface area contributed by atoms with Crippen LogP contribution in [0.4, 0.5) is 13.2 Å². The van der Waals surface area contributed by atoms with Gasteiger partial charge in [-0.1, -0.05) is 0 Å². The van der Waals surface area contributed by atoms with Gasteiger partial charge in [-0.3, -0.25) is 0 Å². The first kappa shape index (κ1) is 14.4. The summed E-state index contributed by atoms with van der Waals surface area (Å²) in [6.07, 6.45) is -1.95. The predicted molar refractivity (Wildman–Crippen MR) is 65.6 cm³/mol. The minimum absolute atomic E-state index is 0.224. The van der Waals surface area contributed by atoms with E-state index in [-0.39, 0.29) is 12.8 Å². The highest BCUT2D eigenvalue weighted by Crippen LogP contribution is 2.33. The standard InChI is InChI=1S/C13H19F3N2O/c14-13(15,16)11-3-6-18(7-4-11)8-5-17-10-12-2-1-9-19-12/h1-2,9,11,17H,3-8,10H2. The molecule has 1 aliphatic heterocycles. The van der Waals surface area contributed by atoms with E-state index in [0.29, 0.717) is 19.6 Å². The van der Waals surface area contributed by atoms with Gasteiger partial charge >= 0.3 is 6.18 Å². The number of likely N-dealkylation sites (tertiary alicyclic amines) is 1. The molecule has 0 radical (unpaired) electrons. The average Bonchev–Trinajstić information content (AvgIpc) is 2.87. The number of furan rings is 1. The van der Waals surface area contributed by atoms with E-state index < -0.39 is 12.1 Å². The lowest BCUT2D eigenvalue weighted by Gasteiger charge is -2.32. The molecule has 0 aliphatic carbocycles. The lowest BCUT2D eigenvalue weighted by molar-refractivity contribution is -0.184. The van der Waals surface area contributed by atoms with Crippen molar-refractivity contribution in [1.29, 1.82) is 0 Å². The zero-order chi connectivity index (χ0) is 13.7. The number of alkyl halides is 3. The molecule has 1 aromatic heterocycles. The molecule has 2 heterocycles. The Kier molecular flexibility index (Phi) is 4.87. The Labute approximate surface area is 110 Å². The molecule has 0 bridgehead atoms. The molecule has 0 saturated carbocycles. The van der Waals surface area contributed by atoms with Gasteiger partial charge in [0, 0.05) is 13.1 Å². The second-order valence-corrected chi connectivity index (χ2v) is 4.91. The Morgan fingerprint density at radius 3 is 2.63 bits per heavy atom. The molecule has 0 unspecified atom stereocenters. The van der Waals surface area contributed by atoms with Gasteiger partial charge < -0.3 is 14.6 Å². The van der Waals surface area contributed by atoms with Crippen molar-refractivity contribution < 1.29 is 17.6 Å². The molecule has 6 heteroatoms. The van der Waals surface area contributed by atoms with Crippen molar-refractivity contribution in [1.82, 2.24) is 10.2 Å². The number of halogens is 3. The van der Waals surface area contributed by atoms with E-state index in [1.807, 2.05) is 12.1 Å². The van der Waals surface area contributed by atoms with Crippen LogP contribution in [0.25, 0.3) is 0 Å².